The molecule has 1 amide bonds. The van der Waals surface area contributed by atoms with Crippen LogP contribution in [0, 0.1) is 6.92 Å². The van der Waals surface area contributed by atoms with E-state index < -0.39 is 5.97 Å². The van der Waals surface area contributed by atoms with Crippen molar-refractivity contribution in [1.29, 1.82) is 0 Å². The van der Waals surface area contributed by atoms with E-state index in [0.29, 0.717) is 25.8 Å². The van der Waals surface area contributed by atoms with Crippen LogP contribution in [0.5, 0.6) is 0 Å². The van der Waals surface area contributed by atoms with Gasteiger partial charge in [-0.15, -0.1) is 0 Å². The topological polar surface area (TPSA) is 57.6 Å². The predicted octanol–water partition coefficient (Wildman–Crippen LogP) is 2.99. The molecule has 1 aromatic carbocycles. The fraction of sp³-hybridized carbons (Fsp3) is 0.467. The zero-order valence-corrected chi connectivity index (χ0v) is 11.6. The van der Waals surface area contributed by atoms with Gasteiger partial charge in [-0.05, 0) is 38.3 Å². The molecule has 1 N–H and O–H groups in total. The monoisotopic (exact) mass is 263 g/mol. The molecule has 1 aromatic rings. The van der Waals surface area contributed by atoms with Crippen molar-refractivity contribution >= 4 is 17.6 Å². The molecule has 0 radical (unpaired) electrons. The number of aliphatic carboxylic acids is 1. The van der Waals surface area contributed by atoms with Crippen LogP contribution < -0.4 is 4.90 Å². The molecule has 0 aliphatic carbocycles. The van der Waals surface area contributed by atoms with E-state index in [2.05, 4.69) is 0 Å². The highest BCUT2D eigenvalue weighted by molar-refractivity contribution is 5.94. The number of nitrogens with zero attached hydrogens (tertiary/aromatic N) is 1. The number of rotatable bonds is 7. The van der Waals surface area contributed by atoms with Gasteiger partial charge < -0.3 is 10.0 Å². The third kappa shape index (κ3) is 4.73. The van der Waals surface area contributed by atoms with Crippen molar-refractivity contribution in [1.82, 2.24) is 0 Å². The molecular weight excluding hydrogens is 242 g/mol. The van der Waals surface area contributed by atoms with Gasteiger partial charge in [0.1, 0.15) is 0 Å². The first-order valence-electron chi connectivity index (χ1n) is 6.64. The highest BCUT2D eigenvalue weighted by Gasteiger charge is 2.14. The molecule has 104 valence electrons. The van der Waals surface area contributed by atoms with E-state index in [1.54, 1.807) is 4.90 Å². The second-order valence-corrected chi connectivity index (χ2v) is 4.53. The summed E-state index contributed by atoms with van der Waals surface area (Å²) in [6.07, 6.45) is 1.69. The minimum atomic E-state index is -0.807. The Labute approximate surface area is 114 Å². The van der Waals surface area contributed by atoms with Crippen LogP contribution in [0.15, 0.2) is 24.3 Å². The summed E-state index contributed by atoms with van der Waals surface area (Å²) in [6.45, 7) is 4.56. The lowest BCUT2D eigenvalue weighted by atomic mass is 10.1. The van der Waals surface area contributed by atoms with Crippen LogP contribution in [-0.2, 0) is 9.59 Å². The van der Waals surface area contributed by atoms with E-state index in [1.165, 1.54) is 0 Å². The van der Waals surface area contributed by atoms with Gasteiger partial charge in [0.05, 0.1) is 0 Å². The van der Waals surface area contributed by atoms with Crippen molar-refractivity contribution in [2.24, 2.45) is 0 Å². The molecule has 0 saturated heterocycles. The Balaban J connectivity index is 2.58. The maximum atomic E-state index is 12.2. The van der Waals surface area contributed by atoms with Gasteiger partial charge >= 0.3 is 5.97 Å². The van der Waals surface area contributed by atoms with Crippen molar-refractivity contribution in [2.75, 3.05) is 11.4 Å². The van der Waals surface area contributed by atoms with Gasteiger partial charge in [0.2, 0.25) is 5.91 Å². The van der Waals surface area contributed by atoms with E-state index in [1.807, 2.05) is 38.1 Å². The Morgan fingerprint density at radius 1 is 1.16 bits per heavy atom. The minimum Gasteiger partial charge on any atom is -0.481 e. The predicted molar refractivity (Wildman–Crippen MR) is 75.3 cm³/mol. The summed E-state index contributed by atoms with van der Waals surface area (Å²) in [7, 11) is 0. The second-order valence-electron chi connectivity index (χ2n) is 4.53. The highest BCUT2D eigenvalue weighted by atomic mass is 16.4. The normalized spacial score (nSPS) is 10.2. The molecule has 0 aromatic heterocycles. The van der Waals surface area contributed by atoms with Gasteiger partial charge in [0, 0.05) is 25.1 Å². The van der Waals surface area contributed by atoms with Crippen molar-refractivity contribution in [3.05, 3.63) is 29.8 Å². The quantitative estimate of drug-likeness (QED) is 0.769. The number of carboxylic acids is 1. The zero-order chi connectivity index (χ0) is 14.3. The molecule has 1 rings (SSSR count). The van der Waals surface area contributed by atoms with E-state index in [0.717, 1.165) is 11.3 Å². The maximum absolute atomic E-state index is 12.2. The van der Waals surface area contributed by atoms with Crippen molar-refractivity contribution in [2.45, 2.75) is 39.5 Å². The number of carboxylic acid groups (broad SMARTS) is 1. The number of carbonyl (C=O) groups is 2. The second kappa shape index (κ2) is 7.56. The summed E-state index contributed by atoms with van der Waals surface area (Å²) >= 11 is 0. The first-order chi connectivity index (χ1) is 9.06. The molecule has 0 aliphatic heterocycles. The van der Waals surface area contributed by atoms with Crippen LogP contribution in [0.3, 0.4) is 0 Å². The molecule has 4 nitrogen and oxygen atoms in total. The summed E-state index contributed by atoms with van der Waals surface area (Å²) < 4.78 is 0. The molecule has 0 aliphatic rings. The van der Waals surface area contributed by atoms with Crippen LogP contribution in [0.2, 0.25) is 0 Å². The number of anilines is 1. The smallest absolute Gasteiger partial charge is 0.303 e. The van der Waals surface area contributed by atoms with E-state index >= 15 is 0 Å². The summed E-state index contributed by atoms with van der Waals surface area (Å²) in [5.74, 6) is -0.749. The van der Waals surface area contributed by atoms with Gasteiger partial charge in [0.15, 0.2) is 0 Å². The summed E-state index contributed by atoms with van der Waals surface area (Å²) in [5.41, 5.74) is 2.01. The Hall–Kier alpha value is -1.84. The number of hydrogen-bond acceptors (Lipinski definition) is 2. The van der Waals surface area contributed by atoms with Crippen LogP contribution in [0.25, 0.3) is 0 Å². The third-order valence-electron chi connectivity index (χ3n) is 3.05. The Kier molecular flexibility index (Phi) is 6.06. The third-order valence-corrected chi connectivity index (χ3v) is 3.05. The lowest BCUT2D eigenvalue weighted by molar-refractivity contribution is -0.137. The number of carbonyl (C=O) groups excluding carboxylic acids is 1. The van der Waals surface area contributed by atoms with Gasteiger partial charge in [-0.1, -0.05) is 18.2 Å². The Bertz CT molecular complexity index is 443. The fourth-order valence-electron chi connectivity index (χ4n) is 2.03. The van der Waals surface area contributed by atoms with Crippen molar-refractivity contribution in [3.8, 4) is 0 Å². The van der Waals surface area contributed by atoms with Crippen LogP contribution >= 0.6 is 0 Å². The van der Waals surface area contributed by atoms with Gasteiger partial charge in [0.25, 0.3) is 0 Å². The SMILES string of the molecule is CCN(C(=O)CCCCC(=O)O)c1ccccc1C. The molecule has 0 heterocycles. The lowest BCUT2D eigenvalue weighted by Gasteiger charge is -2.23. The average molecular weight is 263 g/mol. The van der Waals surface area contributed by atoms with Crippen molar-refractivity contribution in [3.63, 3.8) is 0 Å². The minimum absolute atomic E-state index is 0.0576. The first kappa shape index (κ1) is 15.2. The highest BCUT2D eigenvalue weighted by Crippen LogP contribution is 2.20. The molecule has 0 atom stereocenters. The molecule has 0 fully saturated rings. The lowest BCUT2D eigenvalue weighted by Crippen LogP contribution is -2.30. The number of unbranched alkanes of at least 4 members (excludes halogenated alkanes) is 1. The number of amides is 1. The largest absolute Gasteiger partial charge is 0.481 e. The molecule has 0 bridgehead atoms. The maximum Gasteiger partial charge on any atom is 0.303 e. The number of benzene rings is 1. The molecular formula is C15H21NO3. The number of hydrogen-bond donors (Lipinski definition) is 1. The molecule has 19 heavy (non-hydrogen) atoms. The van der Waals surface area contributed by atoms with Crippen LogP contribution in [0.1, 0.15) is 38.2 Å². The van der Waals surface area contributed by atoms with E-state index in [4.69, 9.17) is 5.11 Å². The Morgan fingerprint density at radius 3 is 2.37 bits per heavy atom. The molecule has 0 saturated carbocycles. The molecule has 0 unspecified atom stereocenters. The molecule has 4 heteroatoms. The standard InChI is InChI=1S/C15H21NO3/c1-3-16(13-9-5-4-8-12(13)2)14(17)10-6-7-11-15(18)19/h4-5,8-9H,3,6-7,10-11H2,1-2H3,(H,18,19). The zero-order valence-electron chi connectivity index (χ0n) is 11.6. The fourth-order valence-corrected chi connectivity index (χ4v) is 2.03. The average Bonchev–Trinajstić information content (AvgIpc) is 2.37. The Morgan fingerprint density at radius 2 is 1.79 bits per heavy atom. The number of para-hydroxylation sites is 1. The summed E-state index contributed by atoms with van der Waals surface area (Å²) in [4.78, 5) is 24.3. The summed E-state index contributed by atoms with van der Waals surface area (Å²) in [6, 6.07) is 7.79. The molecule has 0 spiro atoms. The van der Waals surface area contributed by atoms with Crippen molar-refractivity contribution < 1.29 is 14.7 Å². The first-order valence-corrected chi connectivity index (χ1v) is 6.64. The van der Waals surface area contributed by atoms with Gasteiger partial charge in [-0.25, -0.2) is 0 Å². The van der Waals surface area contributed by atoms with E-state index in [-0.39, 0.29) is 12.3 Å². The van der Waals surface area contributed by atoms with Crippen LogP contribution in [0.4, 0.5) is 5.69 Å². The van der Waals surface area contributed by atoms with E-state index in [9.17, 15) is 9.59 Å². The summed E-state index contributed by atoms with van der Waals surface area (Å²) in [5, 5.41) is 8.55. The number of aryl methyl sites for hydroxylation is 1. The van der Waals surface area contributed by atoms with Gasteiger partial charge in [-0.3, -0.25) is 9.59 Å². The van der Waals surface area contributed by atoms with Gasteiger partial charge in [-0.2, -0.15) is 0 Å². The van der Waals surface area contributed by atoms with Crippen LogP contribution in [-0.4, -0.2) is 23.5 Å².